The summed E-state index contributed by atoms with van der Waals surface area (Å²) in [4.78, 5) is 0. The number of hydrogen-bond donors (Lipinski definition) is 0. The Balaban J connectivity index is 0.000000454. The SMILES string of the molecule is CCCCC1=C(c2cc(CCCC)c(CCCC)c(CCCC)c2)[N+](=[N-])C(c2cc(CCCC)c(CCCC)c(CCCC)c2)=C1.c1ccc([CH2][Ni][CH2]c2ccccc2)cc1. The van der Waals surface area contributed by atoms with Gasteiger partial charge < -0.3 is 5.53 Å². The number of unbranched alkanes of at least 4 members (excludes halogenated alkanes) is 7. The maximum absolute atomic E-state index is 12.2. The van der Waals surface area contributed by atoms with Crippen molar-refractivity contribution in [3.05, 3.63) is 158 Å². The van der Waals surface area contributed by atoms with E-state index < -0.39 is 0 Å². The minimum absolute atomic E-state index is 0.971. The number of allylic oxidation sites excluding steroid dienone is 2. The van der Waals surface area contributed by atoms with Gasteiger partial charge in [-0.25, -0.2) is 4.70 Å². The predicted octanol–water partition coefficient (Wildman–Crippen LogP) is 17.2. The second-order valence-corrected chi connectivity index (χ2v) is 18.5. The molecule has 0 saturated heterocycles. The molecule has 334 valence electrons. The monoisotopic (exact) mass is 865 g/mol. The average Bonchev–Trinajstić information content (AvgIpc) is 3.62. The van der Waals surface area contributed by atoms with Crippen LogP contribution < -0.4 is 0 Å². The number of benzene rings is 4. The summed E-state index contributed by atoms with van der Waals surface area (Å²) in [5, 5.41) is 2.23. The first-order valence-corrected chi connectivity index (χ1v) is 26.1. The van der Waals surface area contributed by atoms with Gasteiger partial charge in [0.05, 0.1) is 0 Å². The van der Waals surface area contributed by atoms with Gasteiger partial charge in [-0.05, 0) is 148 Å². The van der Waals surface area contributed by atoms with E-state index in [1.807, 2.05) is 0 Å². The van der Waals surface area contributed by atoms with Gasteiger partial charge in [-0.1, -0.05) is 93.4 Å². The van der Waals surface area contributed by atoms with Crippen LogP contribution in [0.1, 0.15) is 200 Å². The fourth-order valence-electron chi connectivity index (χ4n) is 8.54. The third-order valence-electron chi connectivity index (χ3n) is 12.2. The Labute approximate surface area is 380 Å². The topological polar surface area (TPSA) is 25.3 Å². The first kappa shape index (κ1) is 50.1. The van der Waals surface area contributed by atoms with Crippen molar-refractivity contribution in [3.8, 4) is 0 Å². The molecule has 0 amide bonds. The van der Waals surface area contributed by atoms with Crippen molar-refractivity contribution in [1.29, 1.82) is 0 Å². The third kappa shape index (κ3) is 15.9. The molecule has 1 aliphatic heterocycles. The Bertz CT molecular complexity index is 1840. The summed E-state index contributed by atoms with van der Waals surface area (Å²) in [7, 11) is 0. The fourth-order valence-corrected chi connectivity index (χ4v) is 9.70. The van der Waals surface area contributed by atoms with Crippen LogP contribution in [0, 0.1) is 0 Å². The molecule has 61 heavy (non-hydrogen) atoms. The van der Waals surface area contributed by atoms with Crippen molar-refractivity contribution >= 4 is 11.4 Å². The second kappa shape index (κ2) is 28.9. The molecule has 0 atom stereocenters. The number of hydrogen-bond acceptors (Lipinski definition) is 0. The van der Waals surface area contributed by atoms with Crippen molar-refractivity contribution in [2.45, 2.75) is 194 Å². The van der Waals surface area contributed by atoms with Crippen LogP contribution >= 0.6 is 0 Å². The van der Waals surface area contributed by atoms with Crippen LogP contribution in [-0.4, -0.2) is 4.70 Å². The van der Waals surface area contributed by atoms with E-state index >= 15 is 0 Å². The van der Waals surface area contributed by atoms with E-state index in [9.17, 15) is 5.53 Å². The zero-order valence-electron chi connectivity index (χ0n) is 39.6. The second-order valence-electron chi connectivity index (χ2n) is 17.3. The van der Waals surface area contributed by atoms with Crippen LogP contribution in [0.25, 0.3) is 16.9 Å². The summed E-state index contributed by atoms with van der Waals surface area (Å²) in [5.74, 6) is 0. The van der Waals surface area contributed by atoms with Crippen LogP contribution in [-0.2, 0) is 63.7 Å². The van der Waals surface area contributed by atoms with Crippen LogP contribution in [0.5, 0.6) is 0 Å². The zero-order chi connectivity index (χ0) is 43.7. The normalized spacial score (nSPS) is 12.6. The summed E-state index contributed by atoms with van der Waals surface area (Å²) in [6.45, 7) is 16.1. The maximum atomic E-state index is 12.2. The van der Waals surface area contributed by atoms with E-state index in [0.29, 0.717) is 0 Å². The molecule has 0 aliphatic carbocycles. The van der Waals surface area contributed by atoms with Gasteiger partial charge in [-0.3, -0.25) is 0 Å². The Morgan fingerprint density at radius 1 is 0.426 bits per heavy atom. The summed E-state index contributed by atoms with van der Waals surface area (Å²) in [6, 6.07) is 31.1. The van der Waals surface area contributed by atoms with Gasteiger partial charge in [0.15, 0.2) is 0 Å². The van der Waals surface area contributed by atoms with Crippen molar-refractivity contribution in [3.63, 3.8) is 0 Å². The fraction of sp³-hybridized carbons (Fsp3) is 0.517. The van der Waals surface area contributed by atoms with Gasteiger partial charge in [0, 0.05) is 22.8 Å². The Morgan fingerprint density at radius 3 is 1.15 bits per heavy atom. The van der Waals surface area contributed by atoms with Gasteiger partial charge >= 0.3 is 97.0 Å². The molecule has 0 fully saturated rings. The van der Waals surface area contributed by atoms with Crippen molar-refractivity contribution in [1.82, 2.24) is 0 Å². The Kier molecular flexibility index (Phi) is 23.8. The summed E-state index contributed by atoms with van der Waals surface area (Å²) in [5.41, 5.74) is 30.0. The summed E-state index contributed by atoms with van der Waals surface area (Å²) in [6.07, 6.45) is 27.1. The minimum atomic E-state index is 0.971. The van der Waals surface area contributed by atoms with E-state index in [-0.39, 0.29) is 0 Å². The molecule has 1 aliphatic rings. The predicted molar refractivity (Wildman–Crippen MR) is 263 cm³/mol. The molecule has 5 rings (SSSR count). The molecule has 4 aromatic carbocycles. The van der Waals surface area contributed by atoms with Gasteiger partial charge in [-0.15, -0.1) is 0 Å². The van der Waals surface area contributed by atoms with Gasteiger partial charge in [-0.2, -0.15) is 0 Å². The van der Waals surface area contributed by atoms with Crippen molar-refractivity contribution in [2.75, 3.05) is 0 Å². The van der Waals surface area contributed by atoms with Crippen LogP contribution in [0.4, 0.5) is 0 Å². The van der Waals surface area contributed by atoms with Crippen LogP contribution in [0.15, 0.2) is 96.6 Å². The standard InChI is InChI=1S/C44H68N2.2C7H7.Ni/c1-8-15-22-34-29-39(30-35(23-16-9-2)41(34)27-20-13-6)43-33-38(26-19-12-5)44(46(43)45)40-31-36(24-17-10-3)42(28-21-14-7)37(32-40)25-18-11-4;2*1-7-5-3-2-4-6-7;/h29-33H,8-28H2,1-7H3;2*2-6H,1H2;. The quantitative estimate of drug-likeness (QED) is 0.0422. The molecule has 0 unspecified atom stereocenters. The number of aryl methyl sites for hydroxylation is 4. The molecule has 4 aromatic rings. The average molecular weight is 866 g/mol. The molecule has 0 saturated carbocycles. The molecule has 1 heterocycles. The van der Waals surface area contributed by atoms with Gasteiger partial charge in [0.1, 0.15) is 0 Å². The number of nitrogens with zero attached hydrogens (tertiary/aromatic N) is 2. The van der Waals surface area contributed by atoms with Crippen LogP contribution in [0.2, 0.25) is 0 Å². The van der Waals surface area contributed by atoms with E-state index in [2.05, 4.69) is 139 Å². The van der Waals surface area contributed by atoms with Crippen molar-refractivity contribution < 1.29 is 19.1 Å². The molecule has 0 spiro atoms. The summed E-state index contributed by atoms with van der Waals surface area (Å²) >= 11 is 1.78. The molecule has 3 heteroatoms. The molecule has 2 nitrogen and oxygen atoms in total. The molecular weight excluding hydrogens is 783 g/mol. The van der Waals surface area contributed by atoms with E-state index in [1.165, 1.54) is 140 Å². The number of rotatable bonds is 27. The van der Waals surface area contributed by atoms with E-state index in [4.69, 9.17) is 0 Å². The van der Waals surface area contributed by atoms with Crippen molar-refractivity contribution in [2.24, 2.45) is 0 Å². The molecule has 0 radical (unpaired) electrons. The molecular formula is C58H82N2Ni. The summed E-state index contributed by atoms with van der Waals surface area (Å²) < 4.78 is 1.59. The van der Waals surface area contributed by atoms with Crippen LogP contribution in [0.3, 0.4) is 0 Å². The third-order valence-corrected chi connectivity index (χ3v) is 13.5. The first-order chi connectivity index (χ1) is 29.9. The Morgan fingerprint density at radius 2 is 0.770 bits per heavy atom. The van der Waals surface area contributed by atoms with E-state index in [1.54, 1.807) is 30.3 Å². The first-order valence-electron chi connectivity index (χ1n) is 24.7. The Hall–Kier alpha value is -3.55. The molecule has 0 bridgehead atoms. The van der Waals surface area contributed by atoms with Gasteiger partial charge in [0.2, 0.25) is 11.4 Å². The molecule has 0 N–H and O–H groups in total. The zero-order valence-corrected chi connectivity index (χ0v) is 40.6. The molecule has 0 aromatic heterocycles. The van der Waals surface area contributed by atoms with E-state index in [0.717, 1.165) is 67.1 Å². The van der Waals surface area contributed by atoms with Gasteiger partial charge in [0.25, 0.3) is 0 Å².